The molecule has 2 saturated carbocycles. The lowest BCUT2D eigenvalue weighted by Gasteiger charge is -2.29. The van der Waals surface area contributed by atoms with Crippen molar-refractivity contribution in [2.24, 2.45) is 16.8 Å². The van der Waals surface area contributed by atoms with E-state index in [9.17, 15) is 8.42 Å². The lowest BCUT2D eigenvalue weighted by atomic mass is 9.87. The standard InChI is InChI=1S/C16H29N3O2S/c1-12-3-2-4-15(9-12)19-16(18-14-5-6-14)17-10-13-7-8-22(20,21)11-13/h12-15H,2-11H2,1H3,(H2,17,18,19). The predicted molar refractivity (Wildman–Crippen MR) is 89.8 cm³/mol. The average Bonchev–Trinajstić information content (AvgIpc) is 3.19. The van der Waals surface area contributed by atoms with Crippen LogP contribution in [0.4, 0.5) is 0 Å². The van der Waals surface area contributed by atoms with Crippen molar-refractivity contribution in [2.75, 3.05) is 18.1 Å². The Balaban J connectivity index is 1.55. The van der Waals surface area contributed by atoms with E-state index in [1.54, 1.807) is 0 Å². The summed E-state index contributed by atoms with van der Waals surface area (Å²) in [6.45, 7) is 2.95. The minimum atomic E-state index is -2.80. The highest BCUT2D eigenvalue weighted by atomic mass is 32.2. The Morgan fingerprint density at radius 2 is 1.86 bits per heavy atom. The van der Waals surface area contributed by atoms with E-state index < -0.39 is 9.84 Å². The zero-order valence-electron chi connectivity index (χ0n) is 13.6. The highest BCUT2D eigenvalue weighted by Gasteiger charge is 2.29. The number of sulfone groups is 1. The largest absolute Gasteiger partial charge is 0.354 e. The van der Waals surface area contributed by atoms with Gasteiger partial charge in [0.1, 0.15) is 0 Å². The van der Waals surface area contributed by atoms with Gasteiger partial charge in [0.15, 0.2) is 15.8 Å². The van der Waals surface area contributed by atoms with Crippen LogP contribution in [0.2, 0.25) is 0 Å². The average molecular weight is 327 g/mol. The van der Waals surface area contributed by atoms with Crippen molar-refractivity contribution in [1.29, 1.82) is 0 Å². The second-order valence-corrected chi connectivity index (χ2v) is 9.72. The molecule has 0 spiro atoms. The maximum Gasteiger partial charge on any atom is 0.191 e. The minimum Gasteiger partial charge on any atom is -0.354 e. The molecule has 0 aromatic rings. The van der Waals surface area contributed by atoms with E-state index in [1.165, 1.54) is 38.5 Å². The van der Waals surface area contributed by atoms with Crippen LogP contribution in [0.3, 0.4) is 0 Å². The number of nitrogens with zero attached hydrogens (tertiary/aromatic N) is 1. The summed E-state index contributed by atoms with van der Waals surface area (Å²) in [5, 5.41) is 7.08. The molecule has 3 atom stereocenters. The van der Waals surface area contributed by atoms with Gasteiger partial charge in [-0.1, -0.05) is 19.8 Å². The van der Waals surface area contributed by atoms with Crippen LogP contribution in [0, 0.1) is 11.8 Å². The molecular formula is C16H29N3O2S. The molecule has 5 nitrogen and oxygen atoms in total. The normalized spacial score (nSPS) is 35.3. The maximum atomic E-state index is 11.5. The molecule has 1 heterocycles. The highest BCUT2D eigenvalue weighted by molar-refractivity contribution is 7.91. The summed E-state index contributed by atoms with van der Waals surface area (Å²) in [6, 6.07) is 1.08. The van der Waals surface area contributed by atoms with Crippen LogP contribution in [-0.2, 0) is 9.84 Å². The van der Waals surface area contributed by atoms with Gasteiger partial charge in [0, 0.05) is 18.6 Å². The Kier molecular flexibility index (Phi) is 4.95. The monoisotopic (exact) mass is 327 g/mol. The van der Waals surface area contributed by atoms with E-state index in [0.29, 0.717) is 30.1 Å². The van der Waals surface area contributed by atoms with Gasteiger partial charge in [-0.05, 0) is 43.9 Å². The maximum absolute atomic E-state index is 11.5. The smallest absolute Gasteiger partial charge is 0.191 e. The fraction of sp³-hybridized carbons (Fsp3) is 0.938. The third-order valence-corrected chi connectivity index (χ3v) is 6.87. The molecule has 2 N–H and O–H groups in total. The van der Waals surface area contributed by atoms with Crippen molar-refractivity contribution in [1.82, 2.24) is 10.6 Å². The summed E-state index contributed by atoms with van der Waals surface area (Å²) in [5.74, 6) is 2.55. The lowest BCUT2D eigenvalue weighted by Crippen LogP contribution is -2.46. The van der Waals surface area contributed by atoms with E-state index in [1.807, 2.05) is 0 Å². The number of hydrogen-bond donors (Lipinski definition) is 2. The van der Waals surface area contributed by atoms with Crippen molar-refractivity contribution in [3.05, 3.63) is 0 Å². The quantitative estimate of drug-likeness (QED) is 0.609. The van der Waals surface area contributed by atoms with Gasteiger partial charge in [0.25, 0.3) is 0 Å². The first-order chi connectivity index (χ1) is 10.5. The summed E-state index contributed by atoms with van der Waals surface area (Å²) in [5.41, 5.74) is 0. The van der Waals surface area contributed by atoms with Crippen molar-refractivity contribution in [3.8, 4) is 0 Å². The summed E-state index contributed by atoms with van der Waals surface area (Å²) in [6.07, 6.45) is 8.26. The number of aliphatic imine (C=N–C) groups is 1. The molecule has 0 aromatic carbocycles. The molecule has 3 fully saturated rings. The second-order valence-electron chi connectivity index (χ2n) is 7.49. The van der Waals surface area contributed by atoms with Gasteiger partial charge in [-0.25, -0.2) is 8.42 Å². The van der Waals surface area contributed by atoms with E-state index in [-0.39, 0.29) is 5.92 Å². The van der Waals surface area contributed by atoms with E-state index in [0.717, 1.165) is 18.3 Å². The first kappa shape index (κ1) is 16.1. The van der Waals surface area contributed by atoms with Crippen LogP contribution in [0.15, 0.2) is 4.99 Å². The zero-order chi connectivity index (χ0) is 15.6. The van der Waals surface area contributed by atoms with Gasteiger partial charge in [-0.3, -0.25) is 4.99 Å². The number of rotatable bonds is 4. The molecule has 3 unspecified atom stereocenters. The van der Waals surface area contributed by atoms with E-state index >= 15 is 0 Å². The molecule has 3 rings (SSSR count). The number of nitrogens with one attached hydrogen (secondary N) is 2. The van der Waals surface area contributed by atoms with Crippen LogP contribution in [0.5, 0.6) is 0 Å². The van der Waals surface area contributed by atoms with Gasteiger partial charge in [0.05, 0.1) is 11.5 Å². The molecule has 1 saturated heterocycles. The molecule has 1 aliphatic heterocycles. The molecule has 3 aliphatic rings. The molecular weight excluding hydrogens is 298 g/mol. The van der Waals surface area contributed by atoms with Gasteiger partial charge < -0.3 is 10.6 Å². The summed E-state index contributed by atoms with van der Waals surface area (Å²) in [4.78, 5) is 4.70. The SMILES string of the molecule is CC1CCCC(NC(=NCC2CCS(=O)(=O)C2)NC2CC2)C1. The Labute approximate surface area is 134 Å². The highest BCUT2D eigenvalue weighted by Crippen LogP contribution is 2.24. The predicted octanol–water partition coefficient (Wildman–Crippen LogP) is 1.70. The third-order valence-electron chi connectivity index (χ3n) is 5.03. The summed E-state index contributed by atoms with van der Waals surface area (Å²) in [7, 11) is -2.80. The molecule has 6 heteroatoms. The van der Waals surface area contributed by atoms with Gasteiger partial charge >= 0.3 is 0 Å². The Bertz CT molecular complexity index is 513. The van der Waals surface area contributed by atoms with Crippen molar-refractivity contribution in [3.63, 3.8) is 0 Å². The molecule has 2 aliphatic carbocycles. The van der Waals surface area contributed by atoms with Gasteiger partial charge in [-0.2, -0.15) is 0 Å². The molecule has 22 heavy (non-hydrogen) atoms. The molecule has 0 bridgehead atoms. The minimum absolute atomic E-state index is 0.202. The van der Waals surface area contributed by atoms with E-state index in [4.69, 9.17) is 4.99 Å². The fourth-order valence-corrected chi connectivity index (χ4v) is 5.40. The first-order valence-electron chi connectivity index (χ1n) is 8.78. The first-order valence-corrected chi connectivity index (χ1v) is 10.6. The van der Waals surface area contributed by atoms with Gasteiger partial charge in [-0.15, -0.1) is 0 Å². The van der Waals surface area contributed by atoms with Crippen LogP contribution < -0.4 is 10.6 Å². The van der Waals surface area contributed by atoms with Crippen LogP contribution >= 0.6 is 0 Å². The molecule has 0 aromatic heterocycles. The molecule has 0 radical (unpaired) electrons. The second kappa shape index (κ2) is 6.77. The third kappa shape index (κ3) is 4.86. The summed E-state index contributed by atoms with van der Waals surface area (Å²) >= 11 is 0. The number of guanidine groups is 1. The molecule has 126 valence electrons. The van der Waals surface area contributed by atoms with Crippen LogP contribution in [0.25, 0.3) is 0 Å². The lowest BCUT2D eigenvalue weighted by molar-refractivity contribution is 0.324. The summed E-state index contributed by atoms with van der Waals surface area (Å²) < 4.78 is 23.1. The van der Waals surface area contributed by atoms with E-state index in [2.05, 4.69) is 17.6 Å². The topological polar surface area (TPSA) is 70.6 Å². The Morgan fingerprint density at radius 1 is 1.09 bits per heavy atom. The van der Waals surface area contributed by atoms with Crippen molar-refractivity contribution < 1.29 is 8.42 Å². The molecule has 0 amide bonds. The zero-order valence-corrected chi connectivity index (χ0v) is 14.4. The Hall–Kier alpha value is -0.780. The van der Waals surface area contributed by atoms with Gasteiger partial charge in [0.2, 0.25) is 0 Å². The fourth-order valence-electron chi connectivity index (χ4n) is 3.55. The number of hydrogen-bond acceptors (Lipinski definition) is 3. The Morgan fingerprint density at radius 3 is 2.50 bits per heavy atom. The van der Waals surface area contributed by atoms with Crippen LogP contribution in [0.1, 0.15) is 51.9 Å². The van der Waals surface area contributed by atoms with Crippen molar-refractivity contribution in [2.45, 2.75) is 64.0 Å². The van der Waals surface area contributed by atoms with Crippen LogP contribution in [-0.4, -0.2) is 44.5 Å². The van der Waals surface area contributed by atoms with Crippen molar-refractivity contribution >= 4 is 15.8 Å².